The second-order valence-corrected chi connectivity index (χ2v) is 8.43. The van der Waals surface area contributed by atoms with Crippen molar-refractivity contribution in [3.8, 4) is 0 Å². The van der Waals surface area contributed by atoms with Crippen LogP contribution in [-0.2, 0) is 9.84 Å². The van der Waals surface area contributed by atoms with Crippen LogP contribution in [-0.4, -0.2) is 45.2 Å². The van der Waals surface area contributed by atoms with E-state index in [1.807, 2.05) is 12.1 Å². The normalized spacial score (nSPS) is 27.0. The quantitative estimate of drug-likeness (QED) is 0.913. The number of benzene rings is 1. The standard InChI is InChI=1S/C16H24N2O2S.ClH/c1-12(13-3-5-15(6-4-13)21(2,19)20)18-10-8-16-14(11-18)7-9-17-16;/h3-6,12,14,16-17H,7-11H2,1-2H3;1H. The highest BCUT2D eigenvalue weighted by Gasteiger charge is 2.34. The van der Waals surface area contributed by atoms with Gasteiger partial charge in [0.25, 0.3) is 0 Å². The van der Waals surface area contributed by atoms with Crippen molar-refractivity contribution in [3.63, 3.8) is 0 Å². The van der Waals surface area contributed by atoms with Crippen molar-refractivity contribution in [2.75, 3.05) is 25.9 Å². The van der Waals surface area contributed by atoms with Crippen molar-refractivity contribution >= 4 is 22.2 Å². The lowest BCUT2D eigenvalue weighted by atomic mass is 9.91. The van der Waals surface area contributed by atoms with Gasteiger partial charge in [-0.1, -0.05) is 12.1 Å². The Morgan fingerprint density at radius 3 is 2.55 bits per heavy atom. The Morgan fingerprint density at radius 2 is 1.91 bits per heavy atom. The van der Waals surface area contributed by atoms with E-state index in [0.29, 0.717) is 17.0 Å². The minimum atomic E-state index is -3.10. The summed E-state index contributed by atoms with van der Waals surface area (Å²) in [6.07, 6.45) is 3.75. The molecule has 2 fully saturated rings. The van der Waals surface area contributed by atoms with Crippen LogP contribution in [0.5, 0.6) is 0 Å². The number of nitrogens with zero attached hydrogens (tertiary/aromatic N) is 1. The number of rotatable bonds is 3. The molecule has 2 heterocycles. The number of fused-ring (bicyclic) bond motifs is 1. The van der Waals surface area contributed by atoms with E-state index in [4.69, 9.17) is 0 Å². The molecule has 3 unspecified atom stereocenters. The summed E-state index contributed by atoms with van der Waals surface area (Å²) >= 11 is 0. The fraction of sp³-hybridized carbons (Fsp3) is 0.625. The Balaban J connectivity index is 0.00000176. The smallest absolute Gasteiger partial charge is 0.175 e. The van der Waals surface area contributed by atoms with E-state index < -0.39 is 9.84 Å². The number of piperidine rings is 1. The molecule has 1 aromatic carbocycles. The first-order valence-corrected chi connectivity index (χ1v) is 9.62. The molecule has 0 radical (unpaired) electrons. The van der Waals surface area contributed by atoms with E-state index in [0.717, 1.165) is 25.6 Å². The van der Waals surface area contributed by atoms with Crippen LogP contribution in [0, 0.1) is 5.92 Å². The molecule has 4 nitrogen and oxygen atoms in total. The zero-order valence-corrected chi connectivity index (χ0v) is 14.8. The van der Waals surface area contributed by atoms with E-state index in [2.05, 4.69) is 17.1 Å². The predicted octanol–water partition coefficient (Wildman–Crippen LogP) is 2.26. The summed E-state index contributed by atoms with van der Waals surface area (Å²) < 4.78 is 23.0. The highest BCUT2D eigenvalue weighted by molar-refractivity contribution is 7.90. The van der Waals surface area contributed by atoms with E-state index in [-0.39, 0.29) is 12.4 Å². The highest BCUT2D eigenvalue weighted by Crippen LogP contribution is 2.30. The van der Waals surface area contributed by atoms with E-state index in [1.54, 1.807) is 12.1 Å². The number of hydrogen-bond acceptors (Lipinski definition) is 4. The predicted molar refractivity (Wildman–Crippen MR) is 91.3 cm³/mol. The summed E-state index contributed by atoms with van der Waals surface area (Å²) in [6.45, 7) is 5.63. The molecular formula is C16H25ClN2O2S. The fourth-order valence-electron chi connectivity index (χ4n) is 3.63. The molecule has 22 heavy (non-hydrogen) atoms. The first kappa shape index (κ1) is 17.7. The lowest BCUT2D eigenvalue weighted by Gasteiger charge is -2.38. The fourth-order valence-corrected chi connectivity index (χ4v) is 4.26. The minimum Gasteiger partial charge on any atom is -0.314 e. The first-order chi connectivity index (χ1) is 9.95. The van der Waals surface area contributed by atoms with Crippen molar-refractivity contribution in [3.05, 3.63) is 29.8 Å². The van der Waals surface area contributed by atoms with Gasteiger partial charge in [-0.25, -0.2) is 8.42 Å². The van der Waals surface area contributed by atoms with Crippen LogP contribution in [0.1, 0.15) is 31.4 Å². The molecule has 0 aliphatic carbocycles. The van der Waals surface area contributed by atoms with Gasteiger partial charge in [0.1, 0.15) is 0 Å². The molecule has 2 saturated heterocycles. The molecule has 0 bridgehead atoms. The maximum absolute atomic E-state index is 11.5. The molecule has 3 rings (SSSR count). The van der Waals surface area contributed by atoms with Gasteiger partial charge in [0.05, 0.1) is 4.90 Å². The molecule has 2 aliphatic heterocycles. The molecule has 6 heteroatoms. The van der Waals surface area contributed by atoms with Gasteiger partial charge in [-0.05, 0) is 49.9 Å². The number of hydrogen-bond donors (Lipinski definition) is 1. The Labute approximate surface area is 139 Å². The van der Waals surface area contributed by atoms with Gasteiger partial charge < -0.3 is 5.32 Å². The third-order valence-corrected chi connectivity index (χ3v) is 6.15. The third-order valence-electron chi connectivity index (χ3n) is 5.03. The van der Waals surface area contributed by atoms with Gasteiger partial charge in [-0.2, -0.15) is 0 Å². The van der Waals surface area contributed by atoms with Crippen LogP contribution in [0.15, 0.2) is 29.2 Å². The van der Waals surface area contributed by atoms with Crippen LogP contribution in [0.2, 0.25) is 0 Å². The summed E-state index contributed by atoms with van der Waals surface area (Å²) in [7, 11) is -3.10. The van der Waals surface area contributed by atoms with Gasteiger partial charge >= 0.3 is 0 Å². The summed E-state index contributed by atoms with van der Waals surface area (Å²) in [5, 5.41) is 3.59. The molecule has 1 N–H and O–H groups in total. The van der Waals surface area contributed by atoms with Crippen molar-refractivity contribution < 1.29 is 8.42 Å². The van der Waals surface area contributed by atoms with E-state index >= 15 is 0 Å². The van der Waals surface area contributed by atoms with Gasteiger partial charge in [0, 0.05) is 31.4 Å². The Kier molecular flexibility index (Phi) is 5.54. The Hall–Kier alpha value is -0.620. The maximum Gasteiger partial charge on any atom is 0.175 e. The summed E-state index contributed by atoms with van der Waals surface area (Å²) in [6, 6.07) is 8.43. The van der Waals surface area contributed by atoms with Crippen molar-refractivity contribution in [1.82, 2.24) is 10.2 Å². The number of sulfone groups is 1. The zero-order valence-electron chi connectivity index (χ0n) is 13.2. The Bertz CT molecular complexity index is 603. The summed E-state index contributed by atoms with van der Waals surface area (Å²) in [5.41, 5.74) is 1.20. The zero-order chi connectivity index (χ0) is 15.0. The van der Waals surface area contributed by atoms with Crippen LogP contribution >= 0.6 is 12.4 Å². The summed E-state index contributed by atoms with van der Waals surface area (Å²) in [5.74, 6) is 0.775. The number of halogens is 1. The summed E-state index contributed by atoms with van der Waals surface area (Å²) in [4.78, 5) is 2.93. The van der Waals surface area contributed by atoms with Gasteiger partial charge in [-0.15, -0.1) is 12.4 Å². The maximum atomic E-state index is 11.5. The lowest BCUT2D eigenvalue weighted by molar-refractivity contribution is 0.122. The molecule has 0 saturated carbocycles. The minimum absolute atomic E-state index is 0. The van der Waals surface area contributed by atoms with Crippen LogP contribution in [0.25, 0.3) is 0 Å². The topological polar surface area (TPSA) is 49.4 Å². The highest BCUT2D eigenvalue weighted by atomic mass is 35.5. The Morgan fingerprint density at radius 1 is 1.23 bits per heavy atom. The monoisotopic (exact) mass is 344 g/mol. The molecule has 3 atom stereocenters. The van der Waals surface area contributed by atoms with Crippen LogP contribution in [0.4, 0.5) is 0 Å². The second-order valence-electron chi connectivity index (χ2n) is 6.41. The molecule has 124 valence electrons. The van der Waals surface area contributed by atoms with Gasteiger partial charge in [0.2, 0.25) is 0 Å². The molecule has 0 aromatic heterocycles. The largest absolute Gasteiger partial charge is 0.314 e. The first-order valence-electron chi connectivity index (χ1n) is 7.72. The second kappa shape index (κ2) is 6.87. The van der Waals surface area contributed by atoms with E-state index in [1.165, 1.54) is 24.7 Å². The van der Waals surface area contributed by atoms with Crippen molar-refractivity contribution in [1.29, 1.82) is 0 Å². The molecule has 0 spiro atoms. The SMILES string of the molecule is CC(c1ccc(S(C)(=O)=O)cc1)N1CCC2NCCC2C1.Cl. The average Bonchev–Trinajstić information content (AvgIpc) is 2.93. The average molecular weight is 345 g/mol. The van der Waals surface area contributed by atoms with Crippen LogP contribution < -0.4 is 5.32 Å². The van der Waals surface area contributed by atoms with Crippen LogP contribution in [0.3, 0.4) is 0 Å². The molecule has 1 aromatic rings. The molecular weight excluding hydrogens is 320 g/mol. The third kappa shape index (κ3) is 3.65. The van der Waals surface area contributed by atoms with Gasteiger partial charge in [0.15, 0.2) is 9.84 Å². The number of likely N-dealkylation sites (tertiary alicyclic amines) is 1. The van der Waals surface area contributed by atoms with Crippen molar-refractivity contribution in [2.45, 2.75) is 36.7 Å². The molecule has 0 amide bonds. The lowest BCUT2D eigenvalue weighted by Crippen LogP contribution is -2.45. The molecule has 2 aliphatic rings. The van der Waals surface area contributed by atoms with Crippen molar-refractivity contribution in [2.24, 2.45) is 5.92 Å². The number of nitrogens with one attached hydrogen (secondary N) is 1. The van der Waals surface area contributed by atoms with Gasteiger partial charge in [-0.3, -0.25) is 4.90 Å². The van der Waals surface area contributed by atoms with E-state index in [9.17, 15) is 8.42 Å².